The number of aliphatic carboxylic acids is 1. The smallest absolute Gasteiger partial charge is 0.331 e. The monoisotopic (exact) mass is 198 g/mol. The molecule has 0 aromatic heterocycles. The van der Waals surface area contributed by atoms with Crippen LogP contribution in [-0.2, 0) is 14.3 Å². The van der Waals surface area contributed by atoms with Crippen LogP contribution in [0.5, 0.6) is 0 Å². The summed E-state index contributed by atoms with van der Waals surface area (Å²) < 4.78 is 4.90. The van der Waals surface area contributed by atoms with Crippen LogP contribution in [0.2, 0.25) is 0 Å². The predicted molar refractivity (Wildman–Crippen MR) is 49.7 cm³/mol. The topological polar surface area (TPSA) is 63.6 Å². The predicted octanol–water partition coefficient (Wildman–Crippen LogP) is 1.36. The van der Waals surface area contributed by atoms with Gasteiger partial charge in [-0.25, -0.2) is 4.79 Å². The van der Waals surface area contributed by atoms with Crippen molar-refractivity contribution in [3.63, 3.8) is 0 Å². The molecule has 1 N–H and O–H groups in total. The summed E-state index contributed by atoms with van der Waals surface area (Å²) >= 11 is 0. The number of carbonyl (C=O) groups excluding carboxylic acids is 1. The van der Waals surface area contributed by atoms with E-state index in [-0.39, 0.29) is 11.8 Å². The molecule has 4 nitrogen and oxygen atoms in total. The summed E-state index contributed by atoms with van der Waals surface area (Å²) in [4.78, 5) is 21.5. The number of esters is 1. The average molecular weight is 198 g/mol. The second-order valence-corrected chi connectivity index (χ2v) is 4.37. The number of ether oxygens (including phenoxy) is 1. The molecule has 0 fully saturated rings. The summed E-state index contributed by atoms with van der Waals surface area (Å²) in [5.41, 5.74) is 0.525. The Morgan fingerprint density at radius 1 is 1.57 bits per heavy atom. The number of hydrogen-bond acceptors (Lipinski definition) is 3. The first kappa shape index (κ1) is 10.8. The lowest BCUT2D eigenvalue weighted by Crippen LogP contribution is -2.23. The zero-order valence-corrected chi connectivity index (χ0v) is 8.53. The van der Waals surface area contributed by atoms with Gasteiger partial charge in [-0.2, -0.15) is 0 Å². The second kappa shape index (κ2) is 3.44. The molecule has 1 rings (SSSR count). The Kier molecular flexibility index (Phi) is 2.64. The van der Waals surface area contributed by atoms with Crippen molar-refractivity contribution in [2.24, 2.45) is 5.41 Å². The molecule has 14 heavy (non-hydrogen) atoms. The van der Waals surface area contributed by atoms with Gasteiger partial charge in [-0.05, 0) is 11.0 Å². The fraction of sp³-hybridized carbons (Fsp3) is 0.600. The van der Waals surface area contributed by atoms with E-state index in [0.29, 0.717) is 0 Å². The normalized spacial score (nSPS) is 21.8. The van der Waals surface area contributed by atoms with Gasteiger partial charge in [0.05, 0.1) is 6.42 Å². The van der Waals surface area contributed by atoms with Crippen molar-refractivity contribution in [1.82, 2.24) is 0 Å². The van der Waals surface area contributed by atoms with Gasteiger partial charge in [-0.1, -0.05) is 20.8 Å². The van der Waals surface area contributed by atoms with E-state index in [1.54, 1.807) is 0 Å². The molecule has 0 bridgehead atoms. The third-order valence-electron chi connectivity index (χ3n) is 2.10. The Morgan fingerprint density at radius 3 is 2.57 bits per heavy atom. The van der Waals surface area contributed by atoms with E-state index in [0.717, 1.165) is 5.57 Å². The van der Waals surface area contributed by atoms with Crippen LogP contribution in [0.1, 0.15) is 27.2 Å². The van der Waals surface area contributed by atoms with Gasteiger partial charge in [0, 0.05) is 6.08 Å². The average Bonchev–Trinajstić information content (AvgIpc) is 2.28. The second-order valence-electron chi connectivity index (χ2n) is 4.37. The maximum atomic E-state index is 11.0. The van der Waals surface area contributed by atoms with Crippen LogP contribution in [0, 0.1) is 5.41 Å². The SMILES string of the molecule is CC(C)(C)C1=CC(=O)O[C@H]1CC(=O)O. The molecule has 1 aliphatic heterocycles. The summed E-state index contributed by atoms with van der Waals surface area (Å²) in [5, 5.41) is 8.63. The van der Waals surface area contributed by atoms with Gasteiger partial charge in [-0.15, -0.1) is 0 Å². The first-order valence-corrected chi connectivity index (χ1v) is 4.45. The minimum Gasteiger partial charge on any atom is -0.481 e. The van der Waals surface area contributed by atoms with Crippen LogP contribution >= 0.6 is 0 Å². The molecule has 1 atom stereocenters. The first-order chi connectivity index (χ1) is 6.30. The van der Waals surface area contributed by atoms with Gasteiger partial charge in [0.2, 0.25) is 0 Å². The van der Waals surface area contributed by atoms with Crippen LogP contribution < -0.4 is 0 Å². The fourth-order valence-corrected chi connectivity index (χ4v) is 1.47. The van der Waals surface area contributed by atoms with E-state index in [2.05, 4.69) is 0 Å². The maximum Gasteiger partial charge on any atom is 0.331 e. The molecule has 0 unspecified atom stereocenters. The molecular weight excluding hydrogens is 184 g/mol. The van der Waals surface area contributed by atoms with E-state index in [1.807, 2.05) is 20.8 Å². The van der Waals surface area contributed by atoms with Gasteiger partial charge in [0.1, 0.15) is 6.10 Å². The number of carboxylic acid groups (broad SMARTS) is 1. The molecule has 1 heterocycles. The van der Waals surface area contributed by atoms with Crippen molar-refractivity contribution in [3.05, 3.63) is 11.6 Å². The van der Waals surface area contributed by atoms with E-state index in [9.17, 15) is 9.59 Å². The molecule has 1 aliphatic rings. The largest absolute Gasteiger partial charge is 0.481 e. The number of rotatable bonds is 2. The summed E-state index contributed by atoms with van der Waals surface area (Å²) in [5.74, 6) is -1.40. The number of carbonyl (C=O) groups is 2. The molecule has 0 aromatic carbocycles. The van der Waals surface area contributed by atoms with Crippen molar-refractivity contribution in [1.29, 1.82) is 0 Å². The molecule has 0 aliphatic carbocycles. The van der Waals surface area contributed by atoms with E-state index < -0.39 is 18.0 Å². The van der Waals surface area contributed by atoms with Crippen molar-refractivity contribution < 1.29 is 19.4 Å². The Labute approximate surface area is 82.6 Å². The highest BCUT2D eigenvalue weighted by Gasteiger charge is 2.34. The Morgan fingerprint density at radius 2 is 2.14 bits per heavy atom. The standard InChI is InChI=1S/C10H14O4/c1-10(2,3)6-4-9(13)14-7(6)5-8(11)12/h4,7H,5H2,1-3H3,(H,11,12)/t7-/m0/s1. The molecule has 0 radical (unpaired) electrons. The van der Waals surface area contributed by atoms with Crippen LogP contribution in [-0.4, -0.2) is 23.1 Å². The van der Waals surface area contributed by atoms with Crippen LogP contribution in [0.3, 0.4) is 0 Å². The quantitative estimate of drug-likeness (QED) is 0.680. The molecule has 4 heteroatoms. The lowest BCUT2D eigenvalue weighted by atomic mass is 9.83. The molecule has 0 saturated carbocycles. The van der Waals surface area contributed by atoms with E-state index in [4.69, 9.17) is 9.84 Å². The molecule has 0 spiro atoms. The summed E-state index contributed by atoms with van der Waals surface area (Å²) in [7, 11) is 0. The number of carboxylic acids is 1. The summed E-state index contributed by atoms with van der Waals surface area (Å²) in [6.45, 7) is 5.78. The van der Waals surface area contributed by atoms with Gasteiger partial charge >= 0.3 is 11.9 Å². The lowest BCUT2D eigenvalue weighted by molar-refractivity contribution is -0.144. The van der Waals surface area contributed by atoms with Crippen molar-refractivity contribution in [3.8, 4) is 0 Å². The lowest BCUT2D eigenvalue weighted by Gasteiger charge is -2.24. The minimum atomic E-state index is -0.958. The molecule has 78 valence electrons. The zero-order valence-electron chi connectivity index (χ0n) is 8.53. The van der Waals surface area contributed by atoms with E-state index >= 15 is 0 Å². The summed E-state index contributed by atoms with van der Waals surface area (Å²) in [6, 6.07) is 0. The van der Waals surface area contributed by atoms with Crippen molar-refractivity contribution in [2.45, 2.75) is 33.3 Å². The molecule has 0 aromatic rings. The van der Waals surface area contributed by atoms with Crippen molar-refractivity contribution >= 4 is 11.9 Å². The Balaban J connectivity index is 2.84. The van der Waals surface area contributed by atoms with Gasteiger partial charge < -0.3 is 9.84 Å². The maximum absolute atomic E-state index is 11.0. The Hall–Kier alpha value is -1.32. The molecular formula is C10H14O4. The van der Waals surface area contributed by atoms with Gasteiger partial charge in [0.15, 0.2) is 0 Å². The molecule has 0 saturated heterocycles. The third-order valence-corrected chi connectivity index (χ3v) is 2.10. The zero-order chi connectivity index (χ0) is 10.9. The van der Waals surface area contributed by atoms with Crippen LogP contribution in [0.25, 0.3) is 0 Å². The summed E-state index contributed by atoms with van der Waals surface area (Å²) in [6.07, 6.45) is 0.641. The van der Waals surface area contributed by atoms with Crippen LogP contribution in [0.15, 0.2) is 11.6 Å². The number of cyclic esters (lactones) is 1. The van der Waals surface area contributed by atoms with Crippen molar-refractivity contribution in [2.75, 3.05) is 0 Å². The highest BCUT2D eigenvalue weighted by atomic mass is 16.5. The van der Waals surface area contributed by atoms with Gasteiger partial charge in [-0.3, -0.25) is 4.79 Å². The third kappa shape index (κ3) is 2.34. The first-order valence-electron chi connectivity index (χ1n) is 4.45. The Bertz CT molecular complexity index is 296. The van der Waals surface area contributed by atoms with E-state index in [1.165, 1.54) is 6.08 Å². The minimum absolute atomic E-state index is 0.158. The van der Waals surface area contributed by atoms with Gasteiger partial charge in [0.25, 0.3) is 0 Å². The number of hydrogen-bond donors (Lipinski definition) is 1. The fourth-order valence-electron chi connectivity index (χ4n) is 1.47. The van der Waals surface area contributed by atoms with Crippen LogP contribution in [0.4, 0.5) is 0 Å². The molecule has 0 amide bonds. The highest BCUT2D eigenvalue weighted by molar-refractivity contribution is 5.87. The highest BCUT2D eigenvalue weighted by Crippen LogP contribution is 2.34.